The van der Waals surface area contributed by atoms with Crippen LogP contribution in [0.3, 0.4) is 0 Å². The number of carbonyl (C=O) groups excluding carboxylic acids is 1. The Morgan fingerprint density at radius 2 is 1.56 bits per heavy atom. The number of amides is 1. The maximum Gasteiger partial charge on any atom is 0.274 e. The molecule has 1 aromatic heterocycles. The number of ether oxygens (including phenoxy) is 2. The van der Waals surface area contributed by atoms with Crippen LogP contribution in [0, 0.1) is 0 Å². The number of aromatic nitrogens is 2. The van der Waals surface area contributed by atoms with Gasteiger partial charge in [-0.3, -0.25) is 9.69 Å². The topological polar surface area (TPSA) is 94.0 Å². The van der Waals surface area contributed by atoms with Gasteiger partial charge in [-0.05, 0) is 23.8 Å². The van der Waals surface area contributed by atoms with Crippen LogP contribution in [0.5, 0.6) is 0 Å². The number of rotatable bonds is 4. The normalized spacial score (nSPS) is 19.5. The molecule has 0 aliphatic carbocycles. The number of sulfone groups is 1. The molecule has 0 saturated carbocycles. The minimum atomic E-state index is -3.60. The van der Waals surface area contributed by atoms with E-state index in [-0.39, 0.29) is 22.2 Å². The molecule has 1 amide bonds. The second-order valence-corrected chi connectivity index (χ2v) is 11.3. The smallest absolute Gasteiger partial charge is 0.274 e. The SMILES string of the molecule is O=C(c1nn(-c2ccc(CN3CCOCC3)cc2)c2c1CS(=O)(=O)c1ccccc1-2)N1CCOCC1. The van der Waals surface area contributed by atoms with Crippen LogP contribution in [-0.4, -0.2) is 86.5 Å². The summed E-state index contributed by atoms with van der Waals surface area (Å²) in [4.78, 5) is 17.8. The van der Waals surface area contributed by atoms with Crippen molar-refractivity contribution >= 4 is 15.7 Å². The molecule has 9 nitrogen and oxygen atoms in total. The van der Waals surface area contributed by atoms with Crippen LogP contribution in [0.4, 0.5) is 0 Å². The molecule has 4 heterocycles. The number of carbonyl (C=O) groups is 1. The van der Waals surface area contributed by atoms with Crippen LogP contribution in [-0.2, 0) is 31.6 Å². The Kier molecular flexibility index (Phi) is 6.12. The Morgan fingerprint density at radius 1 is 0.889 bits per heavy atom. The zero-order chi connectivity index (χ0) is 24.7. The zero-order valence-corrected chi connectivity index (χ0v) is 20.7. The lowest BCUT2D eigenvalue weighted by atomic mass is 10.0. The van der Waals surface area contributed by atoms with Crippen molar-refractivity contribution in [2.24, 2.45) is 0 Å². The van der Waals surface area contributed by atoms with Crippen LogP contribution >= 0.6 is 0 Å². The van der Waals surface area contributed by atoms with Gasteiger partial charge in [0, 0.05) is 43.9 Å². The molecule has 0 unspecified atom stereocenters. The van der Waals surface area contributed by atoms with Gasteiger partial charge in [-0.1, -0.05) is 30.3 Å². The third-order valence-electron chi connectivity index (χ3n) is 6.99. The van der Waals surface area contributed by atoms with Crippen LogP contribution in [0.25, 0.3) is 16.9 Å². The number of hydrogen-bond donors (Lipinski definition) is 0. The molecule has 0 spiro atoms. The fourth-order valence-electron chi connectivity index (χ4n) is 5.10. The number of fused-ring (bicyclic) bond motifs is 3. The van der Waals surface area contributed by atoms with Crippen LogP contribution in [0.2, 0.25) is 0 Å². The summed E-state index contributed by atoms with van der Waals surface area (Å²) < 4.78 is 38.9. The molecule has 2 aromatic carbocycles. The highest BCUT2D eigenvalue weighted by atomic mass is 32.2. The Morgan fingerprint density at radius 3 is 2.28 bits per heavy atom. The molecule has 188 valence electrons. The van der Waals surface area contributed by atoms with E-state index >= 15 is 0 Å². The maximum absolute atomic E-state index is 13.5. The Balaban J connectivity index is 1.42. The van der Waals surface area contributed by atoms with E-state index in [1.165, 1.54) is 5.56 Å². The van der Waals surface area contributed by atoms with Crippen molar-refractivity contribution in [2.45, 2.75) is 17.2 Å². The van der Waals surface area contributed by atoms with Crippen molar-refractivity contribution < 1.29 is 22.7 Å². The average molecular weight is 509 g/mol. The monoisotopic (exact) mass is 508 g/mol. The van der Waals surface area contributed by atoms with E-state index in [9.17, 15) is 13.2 Å². The van der Waals surface area contributed by atoms with Gasteiger partial charge in [0.1, 0.15) is 0 Å². The van der Waals surface area contributed by atoms with Gasteiger partial charge in [-0.15, -0.1) is 0 Å². The lowest BCUT2D eigenvalue weighted by Gasteiger charge is -2.26. The molecule has 3 aromatic rings. The van der Waals surface area contributed by atoms with Crippen molar-refractivity contribution in [3.8, 4) is 16.9 Å². The molecular formula is C26H28N4O5S. The molecule has 0 bridgehead atoms. The lowest BCUT2D eigenvalue weighted by Crippen LogP contribution is -2.41. The zero-order valence-electron chi connectivity index (χ0n) is 19.9. The molecule has 2 saturated heterocycles. The van der Waals surface area contributed by atoms with Gasteiger partial charge in [-0.25, -0.2) is 13.1 Å². The van der Waals surface area contributed by atoms with E-state index in [1.807, 2.05) is 18.2 Å². The van der Waals surface area contributed by atoms with Gasteiger partial charge < -0.3 is 14.4 Å². The molecule has 6 rings (SSSR count). The van der Waals surface area contributed by atoms with Gasteiger partial charge >= 0.3 is 0 Å². The van der Waals surface area contributed by atoms with Crippen LogP contribution in [0.1, 0.15) is 21.6 Å². The summed E-state index contributed by atoms with van der Waals surface area (Å²) in [6, 6.07) is 15.0. The number of morpholine rings is 2. The summed E-state index contributed by atoms with van der Waals surface area (Å²) in [5.41, 5.74) is 3.86. The first-order chi connectivity index (χ1) is 17.5. The van der Waals surface area contributed by atoms with Crippen molar-refractivity contribution in [3.63, 3.8) is 0 Å². The third-order valence-corrected chi connectivity index (χ3v) is 8.68. The molecule has 3 aliphatic heterocycles. The summed E-state index contributed by atoms with van der Waals surface area (Å²) >= 11 is 0. The largest absolute Gasteiger partial charge is 0.379 e. The predicted octanol–water partition coefficient (Wildman–Crippen LogP) is 2.13. The van der Waals surface area contributed by atoms with Crippen molar-refractivity contribution in [1.82, 2.24) is 19.6 Å². The van der Waals surface area contributed by atoms with Crippen LogP contribution in [0.15, 0.2) is 53.4 Å². The molecule has 2 fully saturated rings. The predicted molar refractivity (Wildman–Crippen MR) is 133 cm³/mol. The van der Waals surface area contributed by atoms with E-state index in [4.69, 9.17) is 14.6 Å². The fourth-order valence-corrected chi connectivity index (χ4v) is 6.69. The van der Waals surface area contributed by atoms with Crippen molar-refractivity contribution in [2.75, 3.05) is 52.6 Å². The molecule has 10 heteroatoms. The third kappa shape index (κ3) is 4.24. The summed E-state index contributed by atoms with van der Waals surface area (Å²) in [6.07, 6.45) is 0. The Bertz CT molecular complexity index is 1390. The summed E-state index contributed by atoms with van der Waals surface area (Å²) in [6.45, 7) is 5.99. The molecule has 0 atom stereocenters. The van der Waals surface area contributed by atoms with Gasteiger partial charge in [0.15, 0.2) is 15.5 Å². The van der Waals surface area contributed by atoms with Crippen molar-refractivity contribution in [1.29, 1.82) is 0 Å². The Hall–Kier alpha value is -3.05. The lowest BCUT2D eigenvalue weighted by molar-refractivity contribution is 0.0298. The maximum atomic E-state index is 13.5. The average Bonchev–Trinajstić information content (AvgIpc) is 3.28. The van der Waals surface area contributed by atoms with E-state index in [1.54, 1.807) is 27.8 Å². The highest BCUT2D eigenvalue weighted by Gasteiger charge is 2.37. The highest BCUT2D eigenvalue weighted by molar-refractivity contribution is 7.90. The quantitative estimate of drug-likeness (QED) is 0.533. The van der Waals surface area contributed by atoms with Crippen molar-refractivity contribution in [3.05, 3.63) is 65.4 Å². The highest BCUT2D eigenvalue weighted by Crippen LogP contribution is 2.40. The second kappa shape index (κ2) is 9.44. The Labute approximate surface area is 210 Å². The van der Waals surface area contributed by atoms with E-state index in [2.05, 4.69) is 17.0 Å². The van der Waals surface area contributed by atoms with Gasteiger partial charge in [0.05, 0.1) is 48.5 Å². The second-order valence-electron chi connectivity index (χ2n) is 9.30. The standard InChI is InChI=1S/C26H28N4O5S/c31-26(29-11-15-35-16-12-29)24-22-18-36(32,33)23-4-2-1-3-21(23)25(22)30(27-24)20-7-5-19(6-8-20)17-28-9-13-34-14-10-28/h1-8H,9-18H2. The number of benzene rings is 2. The summed E-state index contributed by atoms with van der Waals surface area (Å²) in [5.74, 6) is -0.508. The first-order valence-electron chi connectivity index (χ1n) is 12.2. The minimum absolute atomic E-state index is 0.197. The fraction of sp³-hybridized carbons (Fsp3) is 0.385. The molecule has 0 radical (unpaired) electrons. The minimum Gasteiger partial charge on any atom is -0.379 e. The molecule has 36 heavy (non-hydrogen) atoms. The molecular weight excluding hydrogens is 480 g/mol. The number of hydrogen-bond acceptors (Lipinski definition) is 7. The first-order valence-corrected chi connectivity index (χ1v) is 13.9. The van der Waals surface area contributed by atoms with E-state index in [0.29, 0.717) is 43.1 Å². The molecule has 3 aliphatic rings. The van der Waals surface area contributed by atoms with Gasteiger partial charge in [-0.2, -0.15) is 5.10 Å². The van der Waals surface area contributed by atoms with E-state index in [0.717, 1.165) is 38.5 Å². The van der Waals surface area contributed by atoms with Gasteiger partial charge in [0.2, 0.25) is 0 Å². The van der Waals surface area contributed by atoms with Gasteiger partial charge in [0.25, 0.3) is 5.91 Å². The first kappa shape index (κ1) is 23.4. The summed E-state index contributed by atoms with van der Waals surface area (Å²) in [5, 5.41) is 4.74. The number of nitrogens with zero attached hydrogens (tertiary/aromatic N) is 4. The molecule has 0 N–H and O–H groups in total. The summed E-state index contributed by atoms with van der Waals surface area (Å²) in [7, 11) is -3.60. The van der Waals surface area contributed by atoms with E-state index < -0.39 is 9.84 Å². The van der Waals surface area contributed by atoms with Crippen LogP contribution < -0.4 is 0 Å².